The van der Waals surface area contributed by atoms with Gasteiger partial charge in [0.15, 0.2) is 0 Å². The fourth-order valence-corrected chi connectivity index (χ4v) is 5.04. The van der Waals surface area contributed by atoms with Crippen molar-refractivity contribution in [3.8, 4) is 0 Å². The minimum Gasteiger partial charge on any atom is -0.459 e. The van der Waals surface area contributed by atoms with Crippen LogP contribution in [0.5, 0.6) is 0 Å². The Morgan fingerprint density at radius 2 is 1.36 bits per heavy atom. The first-order valence-electron chi connectivity index (χ1n) is 14.9. The van der Waals surface area contributed by atoms with E-state index in [0.717, 1.165) is 16.7 Å². The largest absolute Gasteiger partial charge is 0.459 e. The molecule has 0 bridgehead atoms. The number of carbonyl (C=O) groups is 4. The van der Waals surface area contributed by atoms with Gasteiger partial charge >= 0.3 is 12.1 Å². The van der Waals surface area contributed by atoms with Gasteiger partial charge in [-0.1, -0.05) is 91.0 Å². The molecule has 1 fully saturated rings. The highest BCUT2D eigenvalue weighted by atomic mass is 16.6. The molecule has 0 saturated carbocycles. The van der Waals surface area contributed by atoms with Crippen LogP contribution in [0.4, 0.5) is 4.79 Å². The molecule has 1 saturated heterocycles. The molecule has 9 heteroatoms. The van der Waals surface area contributed by atoms with Crippen molar-refractivity contribution in [1.82, 2.24) is 15.1 Å². The monoisotopic (exact) mass is 599 g/mol. The molecule has 232 valence electrons. The van der Waals surface area contributed by atoms with Crippen molar-refractivity contribution in [1.29, 1.82) is 0 Å². The van der Waals surface area contributed by atoms with Gasteiger partial charge in [-0.05, 0) is 43.9 Å². The maximum atomic E-state index is 14.1. The first-order chi connectivity index (χ1) is 21.0. The molecule has 1 aliphatic heterocycles. The molecule has 1 aliphatic rings. The molecule has 4 rings (SSSR count). The molecule has 1 heterocycles. The van der Waals surface area contributed by atoms with E-state index in [0.29, 0.717) is 13.0 Å². The van der Waals surface area contributed by atoms with Gasteiger partial charge in [0.25, 0.3) is 0 Å². The molecule has 0 spiro atoms. The molecule has 3 aromatic carbocycles. The van der Waals surface area contributed by atoms with E-state index in [1.165, 1.54) is 9.80 Å². The van der Waals surface area contributed by atoms with Crippen LogP contribution < -0.4 is 5.32 Å². The van der Waals surface area contributed by atoms with Crippen LogP contribution in [0.2, 0.25) is 0 Å². The van der Waals surface area contributed by atoms with Crippen molar-refractivity contribution in [3.05, 3.63) is 108 Å². The van der Waals surface area contributed by atoms with E-state index in [9.17, 15) is 19.2 Å². The highest BCUT2D eigenvalue weighted by Crippen LogP contribution is 2.24. The summed E-state index contributed by atoms with van der Waals surface area (Å²) in [6.07, 6.45) is 0.184. The fourth-order valence-electron chi connectivity index (χ4n) is 5.04. The van der Waals surface area contributed by atoms with E-state index in [-0.39, 0.29) is 25.4 Å². The molecule has 0 aliphatic carbocycles. The molecule has 0 radical (unpaired) electrons. The zero-order valence-electron chi connectivity index (χ0n) is 25.8. The van der Waals surface area contributed by atoms with Crippen molar-refractivity contribution in [2.75, 3.05) is 13.6 Å². The number of carbonyl (C=O) groups excluding carboxylic acids is 4. The van der Waals surface area contributed by atoms with Gasteiger partial charge in [-0.15, -0.1) is 0 Å². The van der Waals surface area contributed by atoms with Gasteiger partial charge in [0.2, 0.25) is 11.8 Å². The van der Waals surface area contributed by atoms with Gasteiger partial charge in [0.05, 0.1) is 0 Å². The summed E-state index contributed by atoms with van der Waals surface area (Å²) in [5.41, 5.74) is 1.79. The molecule has 0 unspecified atom stereocenters. The van der Waals surface area contributed by atoms with Gasteiger partial charge in [-0.3, -0.25) is 9.59 Å². The Morgan fingerprint density at radius 1 is 0.841 bits per heavy atom. The number of nitrogens with zero attached hydrogens (tertiary/aromatic N) is 2. The summed E-state index contributed by atoms with van der Waals surface area (Å²) in [5.74, 6) is -1.28. The van der Waals surface area contributed by atoms with Crippen LogP contribution in [0.1, 0.15) is 43.9 Å². The lowest BCUT2D eigenvalue weighted by Gasteiger charge is -2.43. The van der Waals surface area contributed by atoms with E-state index in [1.807, 2.05) is 91.0 Å². The molecular weight excluding hydrogens is 558 g/mol. The molecule has 9 nitrogen and oxygen atoms in total. The van der Waals surface area contributed by atoms with Crippen LogP contribution in [0.25, 0.3) is 0 Å². The average molecular weight is 600 g/mol. The van der Waals surface area contributed by atoms with Crippen LogP contribution >= 0.6 is 0 Å². The van der Waals surface area contributed by atoms with Crippen molar-refractivity contribution < 1.29 is 28.7 Å². The van der Waals surface area contributed by atoms with E-state index in [1.54, 1.807) is 27.8 Å². The molecular formula is C35H41N3O6. The molecule has 0 aromatic heterocycles. The summed E-state index contributed by atoms with van der Waals surface area (Å²) in [4.78, 5) is 56.8. The van der Waals surface area contributed by atoms with E-state index in [4.69, 9.17) is 9.47 Å². The van der Waals surface area contributed by atoms with Crippen molar-refractivity contribution in [3.63, 3.8) is 0 Å². The number of benzene rings is 3. The van der Waals surface area contributed by atoms with Crippen LogP contribution in [0.15, 0.2) is 91.0 Å². The van der Waals surface area contributed by atoms with E-state index in [2.05, 4.69) is 5.32 Å². The van der Waals surface area contributed by atoms with Crippen molar-refractivity contribution in [2.45, 2.75) is 70.4 Å². The third-order valence-corrected chi connectivity index (χ3v) is 7.44. The van der Waals surface area contributed by atoms with Crippen LogP contribution in [-0.4, -0.2) is 71.0 Å². The van der Waals surface area contributed by atoms with E-state index >= 15 is 0 Å². The highest BCUT2D eigenvalue weighted by Gasteiger charge is 2.43. The Morgan fingerprint density at radius 3 is 1.86 bits per heavy atom. The van der Waals surface area contributed by atoms with Crippen molar-refractivity contribution in [2.24, 2.45) is 0 Å². The third-order valence-electron chi connectivity index (χ3n) is 7.44. The normalized spacial score (nSPS) is 15.7. The Kier molecular flexibility index (Phi) is 10.8. The van der Waals surface area contributed by atoms with Gasteiger partial charge in [0, 0.05) is 26.4 Å². The molecule has 1 N–H and O–H groups in total. The van der Waals surface area contributed by atoms with Gasteiger partial charge in [-0.2, -0.15) is 0 Å². The smallest absolute Gasteiger partial charge is 0.408 e. The number of esters is 1. The first kappa shape index (κ1) is 32.3. The van der Waals surface area contributed by atoms with Gasteiger partial charge < -0.3 is 24.6 Å². The summed E-state index contributed by atoms with van der Waals surface area (Å²) in [6.45, 7) is 5.73. The predicted molar refractivity (Wildman–Crippen MR) is 166 cm³/mol. The number of amides is 3. The summed E-state index contributed by atoms with van der Waals surface area (Å²) in [7, 11) is 1.56. The summed E-state index contributed by atoms with van der Waals surface area (Å²) >= 11 is 0. The van der Waals surface area contributed by atoms with Gasteiger partial charge in [-0.25, -0.2) is 9.59 Å². The third kappa shape index (κ3) is 8.92. The number of likely N-dealkylation sites (N-methyl/N-ethyl adjacent to an activating group) is 1. The number of rotatable bonds is 11. The number of hydrogen-bond donors (Lipinski definition) is 1. The highest BCUT2D eigenvalue weighted by molar-refractivity contribution is 5.94. The van der Waals surface area contributed by atoms with Crippen LogP contribution in [-0.2, 0) is 43.3 Å². The Balaban J connectivity index is 1.54. The zero-order chi connectivity index (χ0) is 31.7. The lowest BCUT2D eigenvalue weighted by atomic mass is 9.96. The number of hydrogen-bond acceptors (Lipinski definition) is 6. The maximum absolute atomic E-state index is 14.1. The molecule has 44 heavy (non-hydrogen) atoms. The van der Waals surface area contributed by atoms with E-state index < -0.39 is 41.7 Å². The standard InChI is InChI=1S/C35H41N3O6/c1-35(2,3)44-34(42)36-28(22-25-14-8-5-9-15-25)31(39)37(4)30(23-26-16-10-6-11-17-26)32(40)38-21-20-29(38)33(41)43-24-27-18-12-7-13-19-27/h5-19,28-30H,20-24H2,1-4H3,(H,36,42)/t28-,29-,30-/m0/s1. The fraction of sp³-hybridized carbons (Fsp3) is 0.371. The average Bonchev–Trinajstić information content (AvgIpc) is 2.98. The zero-order valence-corrected chi connectivity index (χ0v) is 25.8. The quantitative estimate of drug-likeness (QED) is 0.325. The van der Waals surface area contributed by atoms with Crippen molar-refractivity contribution >= 4 is 23.9 Å². The number of ether oxygens (including phenoxy) is 2. The minimum atomic E-state index is -0.994. The van der Waals surface area contributed by atoms with Crippen LogP contribution in [0, 0.1) is 0 Å². The number of likely N-dealkylation sites (tertiary alicyclic amines) is 1. The number of alkyl carbamates (subject to hydrolysis) is 1. The summed E-state index contributed by atoms with van der Waals surface area (Å²) in [6, 6.07) is 25.4. The molecule has 3 amide bonds. The Bertz CT molecular complexity index is 1410. The predicted octanol–water partition coefficient (Wildman–Crippen LogP) is 4.54. The summed E-state index contributed by atoms with van der Waals surface area (Å²) < 4.78 is 11.0. The lowest BCUT2D eigenvalue weighted by molar-refractivity contribution is -0.166. The molecule has 3 aromatic rings. The summed E-state index contributed by atoms with van der Waals surface area (Å²) in [5, 5.41) is 2.73. The SMILES string of the molecule is CN(C(=O)[C@H](Cc1ccccc1)NC(=O)OC(C)(C)C)[C@@H](Cc1ccccc1)C(=O)N1CC[C@H]1C(=O)OCc1ccccc1. The minimum absolute atomic E-state index is 0.113. The van der Waals surface area contributed by atoms with Crippen LogP contribution in [0.3, 0.4) is 0 Å². The Labute approximate surface area is 259 Å². The maximum Gasteiger partial charge on any atom is 0.408 e. The second-order valence-corrected chi connectivity index (χ2v) is 12.0. The number of nitrogens with one attached hydrogen (secondary N) is 1. The molecule has 3 atom stereocenters. The topological polar surface area (TPSA) is 105 Å². The second kappa shape index (κ2) is 14.7. The van der Waals surface area contributed by atoms with Gasteiger partial charge in [0.1, 0.15) is 30.3 Å². The Hall–Kier alpha value is -4.66. The lowest BCUT2D eigenvalue weighted by Crippen LogP contribution is -2.62. The first-order valence-corrected chi connectivity index (χ1v) is 14.9. The second-order valence-electron chi connectivity index (χ2n) is 12.0.